The standard InChI is InChI=1S/C22H39N3O/c1-7-8-17(2)15-22(5,6)16-21(3,4)12-9-19(23)20(26)25-18-10-13-24-14-11-18/h10-11,13-14,17,19H,7-9,12,15-16,23H2,1-6H3,(H,24,25,26). The topological polar surface area (TPSA) is 68.0 Å². The fourth-order valence-corrected chi connectivity index (χ4v) is 4.34. The molecule has 2 unspecified atom stereocenters. The zero-order valence-electron chi connectivity index (χ0n) is 17.6. The lowest BCUT2D eigenvalue weighted by atomic mass is 9.69. The van der Waals surface area contributed by atoms with E-state index < -0.39 is 6.04 Å². The molecule has 0 fully saturated rings. The Labute approximate surface area is 160 Å². The normalized spacial score (nSPS) is 14.7. The lowest BCUT2D eigenvalue weighted by molar-refractivity contribution is -0.117. The van der Waals surface area contributed by atoms with E-state index in [1.807, 2.05) is 0 Å². The lowest BCUT2D eigenvalue weighted by Gasteiger charge is -2.37. The van der Waals surface area contributed by atoms with Crippen LogP contribution in [0.15, 0.2) is 24.5 Å². The molecule has 2 atom stereocenters. The summed E-state index contributed by atoms with van der Waals surface area (Å²) in [5.41, 5.74) is 7.35. The van der Waals surface area contributed by atoms with Crippen LogP contribution in [0, 0.1) is 16.7 Å². The number of carbonyl (C=O) groups is 1. The second-order valence-electron chi connectivity index (χ2n) is 9.47. The molecule has 3 N–H and O–H groups in total. The van der Waals surface area contributed by atoms with Crippen molar-refractivity contribution in [2.75, 3.05) is 5.32 Å². The van der Waals surface area contributed by atoms with Crippen LogP contribution in [-0.2, 0) is 4.79 Å². The molecule has 0 saturated carbocycles. The summed E-state index contributed by atoms with van der Waals surface area (Å²) >= 11 is 0. The molecule has 0 radical (unpaired) electrons. The number of nitrogens with two attached hydrogens (primary N) is 1. The molecular formula is C22H39N3O. The van der Waals surface area contributed by atoms with Crippen LogP contribution in [0.4, 0.5) is 5.69 Å². The Balaban J connectivity index is 2.49. The fraction of sp³-hybridized carbons (Fsp3) is 0.727. The summed E-state index contributed by atoms with van der Waals surface area (Å²) < 4.78 is 0. The molecule has 0 saturated heterocycles. The van der Waals surface area contributed by atoms with E-state index in [1.54, 1.807) is 24.5 Å². The van der Waals surface area contributed by atoms with Gasteiger partial charge in [-0.1, -0.05) is 54.4 Å². The summed E-state index contributed by atoms with van der Waals surface area (Å²) in [6.45, 7) is 14.0. The van der Waals surface area contributed by atoms with Gasteiger partial charge in [0.25, 0.3) is 0 Å². The monoisotopic (exact) mass is 361 g/mol. The van der Waals surface area contributed by atoms with E-state index in [0.717, 1.165) is 24.4 Å². The minimum Gasteiger partial charge on any atom is -0.325 e. The highest BCUT2D eigenvalue weighted by Crippen LogP contribution is 2.41. The van der Waals surface area contributed by atoms with E-state index in [2.05, 4.69) is 51.8 Å². The maximum absolute atomic E-state index is 12.3. The molecule has 0 spiro atoms. The van der Waals surface area contributed by atoms with Gasteiger partial charge in [0.1, 0.15) is 0 Å². The second kappa shape index (κ2) is 10.1. The van der Waals surface area contributed by atoms with Gasteiger partial charge in [-0.05, 0) is 54.6 Å². The molecule has 4 heteroatoms. The number of nitrogens with one attached hydrogen (secondary N) is 1. The van der Waals surface area contributed by atoms with Gasteiger partial charge in [0.2, 0.25) is 5.91 Å². The van der Waals surface area contributed by atoms with E-state index in [4.69, 9.17) is 5.73 Å². The summed E-state index contributed by atoms with van der Waals surface area (Å²) in [6, 6.07) is 3.06. The van der Waals surface area contributed by atoms with Crippen molar-refractivity contribution in [1.82, 2.24) is 4.98 Å². The van der Waals surface area contributed by atoms with Crippen molar-refractivity contribution in [3.8, 4) is 0 Å². The molecule has 4 nitrogen and oxygen atoms in total. The van der Waals surface area contributed by atoms with Crippen molar-refractivity contribution >= 4 is 11.6 Å². The number of pyridine rings is 1. The third-order valence-electron chi connectivity index (χ3n) is 5.06. The molecule has 1 rings (SSSR count). The molecule has 0 aliphatic rings. The first-order valence-electron chi connectivity index (χ1n) is 10.0. The van der Waals surface area contributed by atoms with Crippen molar-refractivity contribution in [2.45, 2.75) is 86.1 Å². The Hall–Kier alpha value is -1.42. The molecule has 26 heavy (non-hydrogen) atoms. The van der Waals surface area contributed by atoms with Crippen molar-refractivity contribution < 1.29 is 4.79 Å². The van der Waals surface area contributed by atoms with E-state index in [0.29, 0.717) is 11.8 Å². The number of hydrogen-bond acceptors (Lipinski definition) is 3. The van der Waals surface area contributed by atoms with E-state index in [1.165, 1.54) is 19.3 Å². The average molecular weight is 362 g/mol. The SMILES string of the molecule is CCCC(C)CC(C)(C)CC(C)(C)CCC(N)C(=O)Nc1ccncc1. The quantitative estimate of drug-likeness (QED) is 0.555. The number of amides is 1. The smallest absolute Gasteiger partial charge is 0.241 e. The molecule has 0 aliphatic heterocycles. The van der Waals surface area contributed by atoms with Crippen LogP contribution in [0.25, 0.3) is 0 Å². The molecule has 1 heterocycles. The predicted octanol–water partition coefficient (Wildman–Crippen LogP) is 5.40. The Morgan fingerprint density at radius 3 is 2.35 bits per heavy atom. The number of nitrogens with zero attached hydrogens (tertiary/aromatic N) is 1. The van der Waals surface area contributed by atoms with Crippen LogP contribution in [0.5, 0.6) is 0 Å². The summed E-state index contributed by atoms with van der Waals surface area (Å²) in [5, 5.41) is 2.86. The Morgan fingerprint density at radius 1 is 1.15 bits per heavy atom. The highest BCUT2D eigenvalue weighted by Gasteiger charge is 2.30. The molecule has 0 bridgehead atoms. The first-order chi connectivity index (χ1) is 12.0. The van der Waals surface area contributed by atoms with Gasteiger partial charge < -0.3 is 11.1 Å². The zero-order chi connectivity index (χ0) is 19.8. The minimum atomic E-state index is -0.482. The maximum Gasteiger partial charge on any atom is 0.241 e. The number of hydrogen-bond donors (Lipinski definition) is 2. The summed E-state index contributed by atoms with van der Waals surface area (Å²) in [5.74, 6) is 0.641. The number of anilines is 1. The fourth-order valence-electron chi connectivity index (χ4n) is 4.34. The zero-order valence-corrected chi connectivity index (χ0v) is 17.6. The highest BCUT2D eigenvalue weighted by molar-refractivity contribution is 5.94. The summed E-state index contributed by atoms with van der Waals surface area (Å²) in [7, 11) is 0. The van der Waals surface area contributed by atoms with Gasteiger partial charge in [0.15, 0.2) is 0 Å². The molecule has 1 aromatic rings. The maximum atomic E-state index is 12.3. The van der Waals surface area contributed by atoms with Gasteiger partial charge in [-0.3, -0.25) is 9.78 Å². The van der Waals surface area contributed by atoms with Crippen LogP contribution < -0.4 is 11.1 Å². The third kappa shape index (κ3) is 8.79. The van der Waals surface area contributed by atoms with Crippen LogP contribution in [0.3, 0.4) is 0 Å². The lowest BCUT2D eigenvalue weighted by Crippen LogP contribution is -2.37. The first-order valence-corrected chi connectivity index (χ1v) is 10.0. The van der Waals surface area contributed by atoms with E-state index in [-0.39, 0.29) is 11.3 Å². The highest BCUT2D eigenvalue weighted by atomic mass is 16.2. The molecular weight excluding hydrogens is 322 g/mol. The Bertz CT molecular complexity index is 540. The largest absolute Gasteiger partial charge is 0.325 e. The van der Waals surface area contributed by atoms with Gasteiger partial charge in [-0.25, -0.2) is 0 Å². The average Bonchev–Trinajstić information content (AvgIpc) is 2.52. The van der Waals surface area contributed by atoms with Crippen molar-refractivity contribution in [3.63, 3.8) is 0 Å². The number of aromatic nitrogens is 1. The molecule has 0 aliphatic carbocycles. The molecule has 0 aromatic carbocycles. The molecule has 1 aromatic heterocycles. The molecule has 1 amide bonds. The van der Waals surface area contributed by atoms with Gasteiger partial charge in [0.05, 0.1) is 6.04 Å². The van der Waals surface area contributed by atoms with E-state index >= 15 is 0 Å². The number of carbonyl (C=O) groups excluding carboxylic acids is 1. The van der Waals surface area contributed by atoms with Gasteiger partial charge >= 0.3 is 0 Å². The van der Waals surface area contributed by atoms with Crippen LogP contribution >= 0.6 is 0 Å². The first kappa shape index (κ1) is 22.6. The van der Waals surface area contributed by atoms with E-state index in [9.17, 15) is 4.79 Å². The Morgan fingerprint density at radius 2 is 1.77 bits per heavy atom. The van der Waals surface area contributed by atoms with Crippen LogP contribution in [-0.4, -0.2) is 16.9 Å². The van der Waals surface area contributed by atoms with Crippen LogP contribution in [0.1, 0.15) is 80.1 Å². The predicted molar refractivity (Wildman–Crippen MR) is 111 cm³/mol. The minimum absolute atomic E-state index is 0.122. The van der Waals surface area contributed by atoms with Gasteiger partial charge in [0, 0.05) is 18.1 Å². The van der Waals surface area contributed by atoms with Gasteiger partial charge in [-0.15, -0.1) is 0 Å². The molecule has 148 valence electrons. The van der Waals surface area contributed by atoms with Gasteiger partial charge in [-0.2, -0.15) is 0 Å². The van der Waals surface area contributed by atoms with Crippen molar-refractivity contribution in [2.24, 2.45) is 22.5 Å². The Kier molecular flexibility index (Phi) is 8.75. The van der Waals surface area contributed by atoms with Crippen molar-refractivity contribution in [1.29, 1.82) is 0 Å². The summed E-state index contributed by atoms with van der Waals surface area (Å²) in [4.78, 5) is 16.2. The summed E-state index contributed by atoms with van der Waals surface area (Å²) in [6.07, 6.45) is 9.91. The van der Waals surface area contributed by atoms with Crippen molar-refractivity contribution in [3.05, 3.63) is 24.5 Å². The van der Waals surface area contributed by atoms with Crippen LogP contribution in [0.2, 0.25) is 0 Å². The number of rotatable bonds is 11. The second-order valence-corrected chi connectivity index (χ2v) is 9.47. The third-order valence-corrected chi connectivity index (χ3v) is 5.06.